The number of hydrogen-bond acceptors (Lipinski definition) is 2. The lowest BCUT2D eigenvalue weighted by Crippen LogP contribution is -2.00. The van der Waals surface area contributed by atoms with Gasteiger partial charge in [-0.3, -0.25) is 0 Å². The third-order valence-electron chi connectivity index (χ3n) is 2.55. The maximum Gasteiger partial charge on any atom is 0.103 e. The average Bonchev–Trinajstić information content (AvgIpc) is 2.77. The lowest BCUT2D eigenvalue weighted by Gasteiger charge is -2.05. The molecular formula is C13H12ClN3. The molecule has 2 rings (SSSR count). The number of benzene rings is 1. The molecule has 0 saturated carbocycles. The monoisotopic (exact) mass is 245 g/mol. The van der Waals surface area contributed by atoms with Crippen molar-refractivity contribution in [2.24, 2.45) is 0 Å². The summed E-state index contributed by atoms with van der Waals surface area (Å²) in [5.74, 6) is 0.362. The van der Waals surface area contributed by atoms with Crippen molar-refractivity contribution in [2.45, 2.75) is 19.8 Å². The van der Waals surface area contributed by atoms with Gasteiger partial charge in [-0.05, 0) is 24.1 Å². The third-order valence-corrected chi connectivity index (χ3v) is 2.87. The van der Waals surface area contributed by atoms with Crippen molar-refractivity contribution in [1.82, 2.24) is 9.78 Å². The van der Waals surface area contributed by atoms with Crippen LogP contribution in [0.3, 0.4) is 0 Å². The van der Waals surface area contributed by atoms with Crippen LogP contribution in [0.1, 0.15) is 31.0 Å². The first-order valence-electron chi connectivity index (χ1n) is 5.38. The molecule has 86 valence electrons. The predicted octanol–water partition coefficient (Wildman–Crippen LogP) is 3.52. The van der Waals surface area contributed by atoms with Gasteiger partial charge < -0.3 is 0 Å². The number of aromatic nitrogens is 2. The zero-order valence-electron chi connectivity index (χ0n) is 9.68. The summed E-state index contributed by atoms with van der Waals surface area (Å²) in [5.41, 5.74) is 2.16. The Morgan fingerprint density at radius 2 is 2.12 bits per heavy atom. The minimum absolute atomic E-state index is 0.362. The Balaban J connectivity index is 2.53. The lowest BCUT2D eigenvalue weighted by molar-refractivity contribution is 0.767. The second kappa shape index (κ2) is 4.60. The van der Waals surface area contributed by atoms with E-state index in [1.807, 2.05) is 24.4 Å². The van der Waals surface area contributed by atoms with Gasteiger partial charge in [0.1, 0.15) is 6.07 Å². The second-order valence-electron chi connectivity index (χ2n) is 4.09. The first-order chi connectivity index (χ1) is 8.13. The molecule has 0 bridgehead atoms. The van der Waals surface area contributed by atoms with Gasteiger partial charge in [-0.15, -0.1) is 0 Å². The molecule has 0 aliphatic heterocycles. The molecule has 1 heterocycles. The highest BCUT2D eigenvalue weighted by Gasteiger charge is 2.10. The topological polar surface area (TPSA) is 41.6 Å². The summed E-state index contributed by atoms with van der Waals surface area (Å²) in [6.45, 7) is 4.16. The van der Waals surface area contributed by atoms with Crippen LogP contribution in [0, 0.1) is 11.3 Å². The first kappa shape index (κ1) is 11.7. The van der Waals surface area contributed by atoms with Crippen LogP contribution in [-0.4, -0.2) is 9.78 Å². The highest BCUT2D eigenvalue weighted by molar-refractivity contribution is 6.32. The van der Waals surface area contributed by atoms with E-state index in [-0.39, 0.29) is 0 Å². The molecule has 3 nitrogen and oxygen atoms in total. The van der Waals surface area contributed by atoms with E-state index in [4.69, 9.17) is 16.9 Å². The molecule has 0 saturated heterocycles. The van der Waals surface area contributed by atoms with E-state index in [9.17, 15) is 0 Å². The molecule has 4 heteroatoms. The quantitative estimate of drug-likeness (QED) is 0.812. The molecule has 0 spiro atoms. The number of nitrogens with zero attached hydrogens (tertiary/aromatic N) is 3. The fraction of sp³-hybridized carbons (Fsp3) is 0.231. The largest absolute Gasteiger partial charge is 0.239 e. The van der Waals surface area contributed by atoms with E-state index in [2.05, 4.69) is 25.0 Å². The zero-order chi connectivity index (χ0) is 12.4. The van der Waals surface area contributed by atoms with Crippen molar-refractivity contribution in [3.8, 4) is 11.8 Å². The summed E-state index contributed by atoms with van der Waals surface area (Å²) in [6.07, 6.45) is 1.85. The number of nitriles is 1. The van der Waals surface area contributed by atoms with Gasteiger partial charge >= 0.3 is 0 Å². The van der Waals surface area contributed by atoms with Crippen LogP contribution in [-0.2, 0) is 0 Å². The first-order valence-corrected chi connectivity index (χ1v) is 5.76. The molecule has 0 unspecified atom stereocenters. The molecule has 0 radical (unpaired) electrons. The molecule has 2 aromatic rings. The van der Waals surface area contributed by atoms with Crippen LogP contribution in [0.5, 0.6) is 0 Å². The fourth-order valence-corrected chi connectivity index (χ4v) is 1.81. The van der Waals surface area contributed by atoms with E-state index in [0.717, 1.165) is 5.69 Å². The van der Waals surface area contributed by atoms with Gasteiger partial charge in [-0.2, -0.15) is 10.4 Å². The molecule has 0 aliphatic carbocycles. The molecule has 0 N–H and O–H groups in total. The van der Waals surface area contributed by atoms with Crippen LogP contribution in [0.15, 0.2) is 30.5 Å². The third kappa shape index (κ3) is 2.17. The molecule has 0 atom stereocenters. The SMILES string of the molecule is CC(C)c1ccn(-c2cccc(Cl)c2C#N)n1. The van der Waals surface area contributed by atoms with Crippen LogP contribution >= 0.6 is 11.6 Å². The Morgan fingerprint density at radius 3 is 2.71 bits per heavy atom. The highest BCUT2D eigenvalue weighted by atomic mass is 35.5. The summed E-state index contributed by atoms with van der Waals surface area (Å²) in [4.78, 5) is 0. The van der Waals surface area contributed by atoms with E-state index >= 15 is 0 Å². The van der Waals surface area contributed by atoms with Gasteiger partial charge in [0.15, 0.2) is 0 Å². The van der Waals surface area contributed by atoms with Crippen LogP contribution in [0.4, 0.5) is 0 Å². The van der Waals surface area contributed by atoms with Crippen molar-refractivity contribution in [3.63, 3.8) is 0 Å². The molecule has 17 heavy (non-hydrogen) atoms. The van der Waals surface area contributed by atoms with E-state index < -0.39 is 0 Å². The maximum atomic E-state index is 9.10. The smallest absolute Gasteiger partial charge is 0.103 e. The molecular weight excluding hydrogens is 234 g/mol. The van der Waals surface area contributed by atoms with E-state index in [1.54, 1.807) is 10.7 Å². The van der Waals surface area contributed by atoms with Crippen molar-refractivity contribution in [3.05, 3.63) is 46.7 Å². The van der Waals surface area contributed by atoms with Crippen molar-refractivity contribution < 1.29 is 0 Å². The highest BCUT2D eigenvalue weighted by Crippen LogP contribution is 2.22. The lowest BCUT2D eigenvalue weighted by atomic mass is 10.1. The summed E-state index contributed by atoms with van der Waals surface area (Å²) in [5, 5.41) is 14.0. The molecule has 1 aromatic heterocycles. The Morgan fingerprint density at radius 1 is 1.35 bits per heavy atom. The summed E-state index contributed by atoms with van der Waals surface area (Å²) >= 11 is 5.99. The summed E-state index contributed by atoms with van der Waals surface area (Å²) < 4.78 is 1.69. The minimum atomic E-state index is 0.362. The predicted molar refractivity (Wildman–Crippen MR) is 67.4 cm³/mol. The standard InChI is InChI=1S/C13H12ClN3/c1-9(2)12-6-7-17(16-12)13-5-3-4-11(14)10(13)8-15/h3-7,9H,1-2H3. The molecule has 0 amide bonds. The number of rotatable bonds is 2. The number of hydrogen-bond donors (Lipinski definition) is 0. The van der Waals surface area contributed by atoms with E-state index in [0.29, 0.717) is 22.2 Å². The molecule has 0 aliphatic rings. The van der Waals surface area contributed by atoms with E-state index in [1.165, 1.54) is 0 Å². The van der Waals surface area contributed by atoms with Crippen molar-refractivity contribution in [2.75, 3.05) is 0 Å². The van der Waals surface area contributed by atoms with Crippen LogP contribution < -0.4 is 0 Å². The van der Waals surface area contributed by atoms with Crippen LogP contribution in [0.25, 0.3) is 5.69 Å². The van der Waals surface area contributed by atoms with Gasteiger partial charge in [0, 0.05) is 6.20 Å². The normalized spacial score (nSPS) is 10.5. The van der Waals surface area contributed by atoms with Gasteiger partial charge in [0.2, 0.25) is 0 Å². The van der Waals surface area contributed by atoms with Gasteiger partial charge in [-0.25, -0.2) is 4.68 Å². The molecule has 0 fully saturated rings. The van der Waals surface area contributed by atoms with Gasteiger partial charge in [0.25, 0.3) is 0 Å². The van der Waals surface area contributed by atoms with Crippen molar-refractivity contribution in [1.29, 1.82) is 5.26 Å². The Hall–Kier alpha value is -1.79. The minimum Gasteiger partial charge on any atom is -0.239 e. The molecule has 1 aromatic carbocycles. The van der Waals surface area contributed by atoms with Crippen molar-refractivity contribution >= 4 is 11.6 Å². The summed E-state index contributed by atoms with van der Waals surface area (Å²) in [7, 11) is 0. The van der Waals surface area contributed by atoms with Crippen LogP contribution in [0.2, 0.25) is 5.02 Å². The zero-order valence-corrected chi connectivity index (χ0v) is 10.4. The number of halogens is 1. The Kier molecular flexibility index (Phi) is 3.16. The fourth-order valence-electron chi connectivity index (χ4n) is 1.59. The second-order valence-corrected chi connectivity index (χ2v) is 4.49. The average molecular weight is 246 g/mol. The van der Waals surface area contributed by atoms with Gasteiger partial charge in [-0.1, -0.05) is 31.5 Å². The Bertz CT molecular complexity index is 579. The Labute approximate surface area is 105 Å². The maximum absolute atomic E-state index is 9.10. The van der Waals surface area contributed by atoms with Gasteiger partial charge in [0.05, 0.1) is 22.0 Å². The summed E-state index contributed by atoms with van der Waals surface area (Å²) in [6, 6.07) is 9.41.